The Kier molecular flexibility index (Phi) is 11.3. The minimum absolute atomic E-state index is 0.0698. The molecule has 232 valence electrons. The van der Waals surface area contributed by atoms with Crippen molar-refractivity contribution in [2.24, 2.45) is 5.92 Å². The maximum atomic E-state index is 13.9. The zero-order chi connectivity index (χ0) is 30.3. The van der Waals surface area contributed by atoms with Crippen molar-refractivity contribution in [3.8, 4) is 0 Å². The summed E-state index contributed by atoms with van der Waals surface area (Å²) in [7, 11) is -3.76. The smallest absolute Gasteiger partial charge is 0.243 e. The first-order valence-electron chi connectivity index (χ1n) is 15.2. The van der Waals surface area contributed by atoms with Crippen LogP contribution in [0.5, 0.6) is 0 Å². The number of aryl methyl sites for hydroxylation is 1. The molecular weight excluding hydrogens is 569 g/mol. The topological polar surface area (TPSA) is 81.2 Å². The van der Waals surface area contributed by atoms with E-state index in [2.05, 4.69) is 11.5 Å². The lowest BCUT2D eigenvalue weighted by molar-refractivity contribution is 0.188. The molecule has 1 aliphatic carbocycles. The summed E-state index contributed by atoms with van der Waals surface area (Å²) in [5.74, 6) is 0.647. The number of nitrogens with zero attached hydrogens (tertiary/aromatic N) is 4. The Morgan fingerprint density at radius 2 is 1.19 bits per heavy atom. The van der Waals surface area contributed by atoms with E-state index in [9.17, 15) is 16.8 Å². The SMILES string of the molecule is C=C1CN(S(=O)(=O)c2ccc(C)cc2)CCCN(CC2CCCCC2)CCCN(S(=O)(=O)c2ccc(N(C)C)cc2)C1. The summed E-state index contributed by atoms with van der Waals surface area (Å²) in [5, 5.41) is 0. The lowest BCUT2D eigenvalue weighted by Crippen LogP contribution is -2.42. The Bertz CT molecular complexity index is 1380. The average molecular weight is 617 g/mol. The Morgan fingerprint density at radius 1 is 0.714 bits per heavy atom. The van der Waals surface area contributed by atoms with Crippen molar-refractivity contribution in [3.63, 3.8) is 0 Å². The van der Waals surface area contributed by atoms with Gasteiger partial charge in [0.2, 0.25) is 20.0 Å². The summed E-state index contributed by atoms with van der Waals surface area (Å²) >= 11 is 0. The number of benzene rings is 2. The second kappa shape index (κ2) is 14.5. The van der Waals surface area contributed by atoms with Crippen LogP contribution in [0.2, 0.25) is 0 Å². The first-order chi connectivity index (χ1) is 20.0. The highest BCUT2D eigenvalue weighted by molar-refractivity contribution is 7.89. The maximum absolute atomic E-state index is 13.9. The summed E-state index contributed by atoms with van der Waals surface area (Å²) in [6.07, 6.45) is 7.71. The molecule has 1 heterocycles. The van der Waals surface area contributed by atoms with Gasteiger partial charge in [-0.15, -0.1) is 0 Å². The molecule has 10 heteroatoms. The molecule has 1 saturated heterocycles. The highest BCUT2D eigenvalue weighted by Gasteiger charge is 2.30. The third-order valence-corrected chi connectivity index (χ3v) is 12.2. The molecule has 1 saturated carbocycles. The van der Waals surface area contributed by atoms with E-state index in [0.29, 0.717) is 37.4 Å². The highest BCUT2D eigenvalue weighted by Crippen LogP contribution is 2.26. The van der Waals surface area contributed by atoms with E-state index in [1.165, 1.54) is 40.7 Å². The monoisotopic (exact) mass is 616 g/mol. The van der Waals surface area contributed by atoms with Gasteiger partial charge in [-0.3, -0.25) is 0 Å². The number of sulfonamides is 2. The fourth-order valence-electron chi connectivity index (χ4n) is 6.01. The van der Waals surface area contributed by atoms with Gasteiger partial charge < -0.3 is 9.80 Å². The molecule has 2 fully saturated rings. The minimum Gasteiger partial charge on any atom is -0.378 e. The van der Waals surface area contributed by atoms with E-state index in [4.69, 9.17) is 0 Å². The van der Waals surface area contributed by atoms with Crippen molar-refractivity contribution >= 4 is 25.7 Å². The summed E-state index contributed by atoms with van der Waals surface area (Å²) in [6.45, 7) is 9.49. The van der Waals surface area contributed by atoms with E-state index in [-0.39, 0.29) is 22.9 Å². The van der Waals surface area contributed by atoms with E-state index in [1.54, 1.807) is 48.5 Å². The fourth-order valence-corrected chi connectivity index (χ4v) is 9.01. The molecule has 0 unspecified atom stereocenters. The molecular formula is C32H48N4O4S2. The normalized spacial score (nSPS) is 20.1. The molecule has 0 bridgehead atoms. The van der Waals surface area contributed by atoms with Crippen LogP contribution in [0, 0.1) is 12.8 Å². The molecule has 8 nitrogen and oxygen atoms in total. The number of anilines is 1. The Balaban J connectivity index is 1.61. The van der Waals surface area contributed by atoms with Gasteiger partial charge in [0.05, 0.1) is 9.79 Å². The molecule has 2 aliphatic rings. The lowest BCUT2D eigenvalue weighted by Gasteiger charge is -2.33. The van der Waals surface area contributed by atoms with Gasteiger partial charge in [0, 0.05) is 52.5 Å². The average Bonchev–Trinajstić information content (AvgIpc) is 2.96. The third-order valence-electron chi connectivity index (χ3n) is 8.45. The minimum atomic E-state index is -3.81. The van der Waals surface area contributed by atoms with Gasteiger partial charge in [-0.25, -0.2) is 16.8 Å². The van der Waals surface area contributed by atoms with Crippen molar-refractivity contribution in [2.75, 3.05) is 64.8 Å². The van der Waals surface area contributed by atoms with Crippen LogP contribution in [0.3, 0.4) is 0 Å². The van der Waals surface area contributed by atoms with Crippen molar-refractivity contribution < 1.29 is 16.8 Å². The van der Waals surface area contributed by atoms with Crippen LogP contribution in [0.15, 0.2) is 70.5 Å². The van der Waals surface area contributed by atoms with E-state index >= 15 is 0 Å². The number of hydrogen-bond donors (Lipinski definition) is 0. The lowest BCUT2D eigenvalue weighted by atomic mass is 9.89. The summed E-state index contributed by atoms with van der Waals surface area (Å²) < 4.78 is 58.3. The van der Waals surface area contributed by atoms with Crippen LogP contribution >= 0.6 is 0 Å². The van der Waals surface area contributed by atoms with Gasteiger partial charge in [0.25, 0.3) is 0 Å². The van der Waals surface area contributed by atoms with Crippen LogP contribution in [0.1, 0.15) is 50.5 Å². The molecule has 0 N–H and O–H groups in total. The zero-order valence-electron chi connectivity index (χ0n) is 25.5. The third kappa shape index (κ3) is 8.44. The first kappa shape index (κ1) is 32.7. The molecule has 0 aromatic heterocycles. The predicted molar refractivity (Wildman–Crippen MR) is 171 cm³/mol. The van der Waals surface area contributed by atoms with Crippen LogP contribution in [-0.2, 0) is 20.0 Å². The van der Waals surface area contributed by atoms with Crippen LogP contribution in [0.4, 0.5) is 5.69 Å². The molecule has 0 atom stereocenters. The Labute approximate surface area is 254 Å². The second-order valence-electron chi connectivity index (χ2n) is 12.1. The van der Waals surface area contributed by atoms with E-state index in [1.807, 2.05) is 25.9 Å². The largest absolute Gasteiger partial charge is 0.378 e. The van der Waals surface area contributed by atoms with Gasteiger partial charge in [0.1, 0.15) is 0 Å². The molecule has 0 radical (unpaired) electrons. The van der Waals surface area contributed by atoms with Gasteiger partial charge in [-0.2, -0.15) is 8.61 Å². The van der Waals surface area contributed by atoms with Gasteiger partial charge in [-0.05, 0) is 93.6 Å². The van der Waals surface area contributed by atoms with Crippen LogP contribution < -0.4 is 4.90 Å². The Hall–Kier alpha value is -2.24. The van der Waals surface area contributed by atoms with Crippen molar-refractivity contribution in [3.05, 3.63) is 66.2 Å². The molecule has 0 spiro atoms. The zero-order valence-corrected chi connectivity index (χ0v) is 27.2. The fraction of sp³-hybridized carbons (Fsp3) is 0.562. The van der Waals surface area contributed by atoms with Gasteiger partial charge >= 0.3 is 0 Å². The molecule has 42 heavy (non-hydrogen) atoms. The number of rotatable bonds is 7. The number of hydrogen-bond acceptors (Lipinski definition) is 6. The molecule has 1 aliphatic heterocycles. The highest BCUT2D eigenvalue weighted by atomic mass is 32.2. The summed E-state index contributed by atoms with van der Waals surface area (Å²) in [6, 6.07) is 13.8. The Morgan fingerprint density at radius 3 is 1.67 bits per heavy atom. The first-order valence-corrected chi connectivity index (χ1v) is 18.1. The van der Waals surface area contributed by atoms with Crippen LogP contribution in [-0.4, -0.2) is 90.3 Å². The van der Waals surface area contributed by atoms with Crippen molar-refractivity contribution in [1.29, 1.82) is 0 Å². The van der Waals surface area contributed by atoms with Gasteiger partial charge in [-0.1, -0.05) is 43.5 Å². The molecule has 0 amide bonds. The van der Waals surface area contributed by atoms with Gasteiger partial charge in [0.15, 0.2) is 0 Å². The van der Waals surface area contributed by atoms with E-state index in [0.717, 1.165) is 30.9 Å². The van der Waals surface area contributed by atoms with Crippen LogP contribution in [0.25, 0.3) is 0 Å². The maximum Gasteiger partial charge on any atom is 0.243 e. The summed E-state index contributed by atoms with van der Waals surface area (Å²) in [5.41, 5.74) is 2.46. The molecule has 4 rings (SSSR count). The van der Waals surface area contributed by atoms with Crippen molar-refractivity contribution in [2.45, 2.75) is 61.7 Å². The quantitative estimate of drug-likeness (QED) is 0.409. The van der Waals surface area contributed by atoms with Crippen molar-refractivity contribution in [1.82, 2.24) is 13.5 Å². The molecule has 2 aromatic rings. The standard InChI is InChI=1S/C32H48N4O4S2/c1-27-12-16-31(17-13-27)41(37,38)35-22-8-20-34(26-29-10-6-5-7-11-29)21-9-23-36(25-28(2)24-35)42(39,40)32-18-14-30(15-19-32)33(3)4/h12-19,29H,2,5-11,20-26H2,1,3-4H3. The second-order valence-corrected chi connectivity index (χ2v) is 16.0. The summed E-state index contributed by atoms with van der Waals surface area (Å²) in [4.78, 5) is 4.84. The van der Waals surface area contributed by atoms with E-state index < -0.39 is 20.0 Å². The predicted octanol–water partition coefficient (Wildman–Crippen LogP) is 4.97. The molecule has 2 aromatic carbocycles.